The van der Waals surface area contributed by atoms with E-state index in [9.17, 15) is 13.2 Å². The van der Waals surface area contributed by atoms with Gasteiger partial charge in [-0.3, -0.25) is 0 Å². The van der Waals surface area contributed by atoms with E-state index in [4.69, 9.17) is 28.9 Å². The van der Waals surface area contributed by atoms with E-state index in [0.29, 0.717) is 0 Å². The van der Waals surface area contributed by atoms with Gasteiger partial charge in [-0.15, -0.1) is 11.6 Å². The lowest BCUT2D eigenvalue weighted by atomic mass is 10.1. The van der Waals surface area contributed by atoms with Crippen molar-refractivity contribution in [1.82, 2.24) is 0 Å². The number of hydrogen-bond donors (Lipinski definition) is 1. The molecule has 0 heterocycles. The van der Waals surface area contributed by atoms with Crippen molar-refractivity contribution in [2.75, 3.05) is 5.73 Å². The maximum Gasteiger partial charge on any atom is 0.418 e. The highest BCUT2D eigenvalue weighted by Crippen LogP contribution is 2.37. The SMILES string of the molecule is Nc1c(C(F)(F)F)ccc(Cl)c1CCl. The van der Waals surface area contributed by atoms with Gasteiger partial charge in [0.25, 0.3) is 0 Å². The largest absolute Gasteiger partial charge is 0.418 e. The van der Waals surface area contributed by atoms with Crippen molar-refractivity contribution in [3.63, 3.8) is 0 Å². The van der Waals surface area contributed by atoms with Crippen LogP contribution in [0.2, 0.25) is 5.02 Å². The van der Waals surface area contributed by atoms with Gasteiger partial charge in [0.1, 0.15) is 0 Å². The molecule has 0 unspecified atom stereocenters. The first-order chi connectivity index (χ1) is 6.38. The summed E-state index contributed by atoms with van der Waals surface area (Å²) in [6, 6.07) is 1.98. The number of hydrogen-bond acceptors (Lipinski definition) is 1. The Morgan fingerprint density at radius 1 is 1.29 bits per heavy atom. The molecule has 2 N–H and O–H groups in total. The van der Waals surface area contributed by atoms with Crippen LogP contribution in [-0.4, -0.2) is 0 Å². The lowest BCUT2D eigenvalue weighted by Gasteiger charge is -2.13. The average molecular weight is 244 g/mol. The Morgan fingerprint density at radius 3 is 2.29 bits per heavy atom. The average Bonchev–Trinajstić information content (AvgIpc) is 2.02. The molecule has 1 nitrogen and oxygen atoms in total. The lowest BCUT2D eigenvalue weighted by molar-refractivity contribution is -0.136. The second-order valence-electron chi connectivity index (χ2n) is 2.62. The molecule has 0 spiro atoms. The molecule has 0 radical (unpaired) electrons. The highest BCUT2D eigenvalue weighted by atomic mass is 35.5. The molecule has 0 aliphatic heterocycles. The van der Waals surface area contributed by atoms with Gasteiger partial charge in [0, 0.05) is 16.3 Å². The number of benzene rings is 1. The van der Waals surface area contributed by atoms with Crippen molar-refractivity contribution in [1.29, 1.82) is 0 Å². The maximum atomic E-state index is 12.3. The molecule has 1 aromatic carbocycles. The van der Waals surface area contributed by atoms with Gasteiger partial charge in [0.2, 0.25) is 0 Å². The van der Waals surface area contributed by atoms with E-state index < -0.39 is 17.4 Å². The van der Waals surface area contributed by atoms with E-state index in [0.717, 1.165) is 12.1 Å². The van der Waals surface area contributed by atoms with Gasteiger partial charge in [0.15, 0.2) is 0 Å². The summed E-state index contributed by atoms with van der Waals surface area (Å²) < 4.78 is 37.0. The third kappa shape index (κ3) is 2.07. The van der Waals surface area contributed by atoms with Gasteiger partial charge < -0.3 is 5.73 Å². The Bertz CT molecular complexity index is 349. The van der Waals surface area contributed by atoms with Gasteiger partial charge in [0.05, 0.1) is 11.4 Å². The fraction of sp³-hybridized carbons (Fsp3) is 0.250. The highest BCUT2D eigenvalue weighted by Gasteiger charge is 2.33. The second kappa shape index (κ2) is 3.87. The van der Waals surface area contributed by atoms with Crippen molar-refractivity contribution < 1.29 is 13.2 Å². The van der Waals surface area contributed by atoms with Crippen LogP contribution in [0.4, 0.5) is 18.9 Å². The normalized spacial score (nSPS) is 11.8. The van der Waals surface area contributed by atoms with Crippen LogP contribution in [0.3, 0.4) is 0 Å². The molecule has 14 heavy (non-hydrogen) atoms. The number of anilines is 1. The number of nitrogen functional groups attached to an aromatic ring is 1. The highest BCUT2D eigenvalue weighted by molar-refractivity contribution is 6.32. The van der Waals surface area contributed by atoms with E-state index in [1.165, 1.54) is 0 Å². The quantitative estimate of drug-likeness (QED) is 0.591. The zero-order chi connectivity index (χ0) is 10.9. The number of rotatable bonds is 1. The van der Waals surface area contributed by atoms with Gasteiger partial charge >= 0.3 is 6.18 Å². The zero-order valence-corrected chi connectivity index (χ0v) is 8.34. The minimum Gasteiger partial charge on any atom is -0.398 e. The first kappa shape index (κ1) is 11.5. The standard InChI is InChI=1S/C8H6Cl2F3N/c9-3-4-6(10)2-1-5(7(4)14)8(11,12)13/h1-2H,3,14H2. The Kier molecular flexibility index (Phi) is 3.17. The molecule has 1 rings (SSSR count). The Hall–Kier alpha value is -0.610. The van der Waals surface area contributed by atoms with E-state index in [1.54, 1.807) is 0 Å². The molecule has 0 fully saturated rings. The first-order valence-corrected chi connectivity index (χ1v) is 4.49. The maximum absolute atomic E-state index is 12.3. The molecule has 0 aliphatic rings. The fourth-order valence-electron chi connectivity index (χ4n) is 1.02. The summed E-state index contributed by atoms with van der Waals surface area (Å²) in [7, 11) is 0. The van der Waals surface area contributed by atoms with Crippen LogP contribution < -0.4 is 5.73 Å². The van der Waals surface area contributed by atoms with Crippen LogP contribution in [-0.2, 0) is 12.1 Å². The monoisotopic (exact) mass is 243 g/mol. The number of nitrogens with two attached hydrogens (primary N) is 1. The van der Waals surface area contributed by atoms with Crippen molar-refractivity contribution in [2.24, 2.45) is 0 Å². The fourth-order valence-corrected chi connectivity index (χ4v) is 1.61. The van der Waals surface area contributed by atoms with E-state index >= 15 is 0 Å². The smallest absolute Gasteiger partial charge is 0.398 e. The van der Waals surface area contributed by atoms with Crippen LogP contribution in [0.1, 0.15) is 11.1 Å². The molecule has 0 bridgehead atoms. The van der Waals surface area contributed by atoms with Crippen molar-refractivity contribution in [3.05, 3.63) is 28.3 Å². The molecule has 0 amide bonds. The molecular weight excluding hydrogens is 238 g/mol. The molecule has 6 heteroatoms. The summed E-state index contributed by atoms with van der Waals surface area (Å²) in [6.07, 6.45) is -4.48. The molecular formula is C8H6Cl2F3N. The van der Waals surface area contributed by atoms with Gasteiger partial charge in [-0.2, -0.15) is 13.2 Å². The van der Waals surface area contributed by atoms with Gasteiger partial charge in [-0.1, -0.05) is 11.6 Å². The van der Waals surface area contributed by atoms with Crippen LogP contribution >= 0.6 is 23.2 Å². The third-order valence-corrected chi connectivity index (χ3v) is 2.36. The minimum atomic E-state index is -4.48. The van der Waals surface area contributed by atoms with Gasteiger partial charge in [-0.05, 0) is 12.1 Å². The second-order valence-corrected chi connectivity index (χ2v) is 3.29. The molecule has 0 aromatic heterocycles. The summed E-state index contributed by atoms with van der Waals surface area (Å²) in [5.41, 5.74) is 4.10. The van der Waals surface area contributed by atoms with Gasteiger partial charge in [-0.25, -0.2) is 0 Å². The molecule has 0 atom stereocenters. The van der Waals surface area contributed by atoms with Crippen molar-refractivity contribution in [2.45, 2.75) is 12.1 Å². The zero-order valence-electron chi connectivity index (χ0n) is 6.83. The molecule has 78 valence electrons. The minimum absolute atomic E-state index is 0.114. The molecule has 1 aromatic rings. The molecule has 0 saturated heterocycles. The predicted octanol–water partition coefficient (Wildman–Crippen LogP) is 3.68. The lowest BCUT2D eigenvalue weighted by Crippen LogP contribution is -2.10. The Balaban J connectivity index is 3.36. The summed E-state index contributed by atoms with van der Waals surface area (Å²) in [4.78, 5) is 0. The summed E-state index contributed by atoms with van der Waals surface area (Å²) in [5.74, 6) is -0.144. The van der Waals surface area contributed by atoms with E-state index in [2.05, 4.69) is 0 Å². The van der Waals surface area contributed by atoms with E-state index in [-0.39, 0.29) is 16.5 Å². The van der Waals surface area contributed by atoms with Crippen LogP contribution in [0, 0.1) is 0 Å². The summed E-state index contributed by atoms with van der Waals surface area (Å²) >= 11 is 11.0. The topological polar surface area (TPSA) is 26.0 Å². The van der Waals surface area contributed by atoms with Crippen LogP contribution in [0.5, 0.6) is 0 Å². The van der Waals surface area contributed by atoms with Crippen molar-refractivity contribution in [3.8, 4) is 0 Å². The summed E-state index contributed by atoms with van der Waals surface area (Å²) in [6.45, 7) is 0. The first-order valence-electron chi connectivity index (χ1n) is 3.58. The van der Waals surface area contributed by atoms with Crippen LogP contribution in [0.15, 0.2) is 12.1 Å². The van der Waals surface area contributed by atoms with E-state index in [1.807, 2.05) is 0 Å². The Labute approximate surface area is 88.6 Å². The predicted molar refractivity (Wildman–Crippen MR) is 50.4 cm³/mol. The number of halogens is 5. The van der Waals surface area contributed by atoms with Crippen molar-refractivity contribution >= 4 is 28.9 Å². The number of alkyl halides is 4. The summed E-state index contributed by atoms with van der Waals surface area (Å²) in [5, 5.41) is 0.144. The molecule has 0 aliphatic carbocycles. The Morgan fingerprint density at radius 2 is 1.86 bits per heavy atom. The molecule has 0 saturated carbocycles. The third-order valence-electron chi connectivity index (χ3n) is 1.74. The van der Waals surface area contributed by atoms with Crippen LogP contribution in [0.25, 0.3) is 0 Å².